The summed E-state index contributed by atoms with van der Waals surface area (Å²) in [5.74, 6) is 0.491. The third-order valence-electron chi connectivity index (χ3n) is 4.29. The Morgan fingerprint density at radius 3 is 3.04 bits per heavy atom. The smallest absolute Gasteiger partial charge is 0.225 e. The molecule has 1 aliphatic heterocycles. The Balaban J connectivity index is 1.66. The monoisotopic (exact) mass is 315 g/mol. The van der Waals surface area contributed by atoms with Crippen LogP contribution in [0, 0.1) is 12.7 Å². The number of rotatable bonds is 4. The normalized spacial score (nSPS) is 18.8. The van der Waals surface area contributed by atoms with E-state index in [-0.39, 0.29) is 5.82 Å². The molecule has 1 atom stereocenters. The van der Waals surface area contributed by atoms with Gasteiger partial charge in [-0.3, -0.25) is 9.88 Å². The van der Waals surface area contributed by atoms with E-state index in [0.29, 0.717) is 6.04 Å². The predicted molar refractivity (Wildman–Crippen MR) is 87.7 cm³/mol. The van der Waals surface area contributed by atoms with Gasteiger partial charge in [0.15, 0.2) is 0 Å². The van der Waals surface area contributed by atoms with Gasteiger partial charge in [0.1, 0.15) is 5.82 Å². The molecular formula is C17H22FN5. The first kappa shape index (κ1) is 15.8. The summed E-state index contributed by atoms with van der Waals surface area (Å²) in [6.45, 7) is 4.65. The van der Waals surface area contributed by atoms with Gasteiger partial charge >= 0.3 is 0 Å². The van der Waals surface area contributed by atoms with Gasteiger partial charge in [-0.15, -0.1) is 0 Å². The number of anilines is 1. The van der Waals surface area contributed by atoms with Crippen molar-refractivity contribution >= 4 is 5.95 Å². The van der Waals surface area contributed by atoms with Crippen molar-refractivity contribution in [2.75, 3.05) is 25.0 Å². The molecule has 1 saturated heterocycles. The zero-order valence-electron chi connectivity index (χ0n) is 13.6. The average molecular weight is 315 g/mol. The number of aromatic nitrogens is 3. The highest BCUT2D eigenvalue weighted by molar-refractivity contribution is 5.31. The Bertz CT molecular complexity index is 663. The van der Waals surface area contributed by atoms with Gasteiger partial charge in [0.05, 0.1) is 6.20 Å². The fourth-order valence-corrected chi connectivity index (χ4v) is 3.06. The van der Waals surface area contributed by atoms with Crippen LogP contribution in [0.15, 0.2) is 30.7 Å². The maximum Gasteiger partial charge on any atom is 0.225 e. The summed E-state index contributed by atoms with van der Waals surface area (Å²) >= 11 is 0. The lowest BCUT2D eigenvalue weighted by Gasteiger charge is -2.37. The lowest BCUT2D eigenvalue weighted by Crippen LogP contribution is -2.46. The van der Waals surface area contributed by atoms with Crippen LogP contribution in [0.5, 0.6) is 0 Å². The quantitative estimate of drug-likeness (QED) is 0.867. The van der Waals surface area contributed by atoms with Gasteiger partial charge in [0.25, 0.3) is 0 Å². The molecule has 0 aliphatic carbocycles. The summed E-state index contributed by atoms with van der Waals surface area (Å²) in [5, 5.41) is 0. The Morgan fingerprint density at radius 2 is 2.26 bits per heavy atom. The first-order chi connectivity index (χ1) is 11.1. The van der Waals surface area contributed by atoms with Crippen LogP contribution in [0.1, 0.15) is 24.1 Å². The first-order valence-electron chi connectivity index (χ1n) is 7.96. The molecule has 3 rings (SSSR count). The summed E-state index contributed by atoms with van der Waals surface area (Å²) in [4.78, 5) is 17.3. The lowest BCUT2D eigenvalue weighted by molar-refractivity contribution is 0.197. The van der Waals surface area contributed by atoms with E-state index in [0.717, 1.165) is 49.7 Å². The third-order valence-corrected chi connectivity index (χ3v) is 4.29. The standard InChI is InChI=1S/C17H22FN5/c1-13-5-6-20-17(21-13)22(2)16-4-3-7-23(12-16)11-14-8-15(18)10-19-9-14/h5-6,8-10,16H,3-4,7,11-12H2,1-2H3. The maximum absolute atomic E-state index is 13.3. The molecule has 0 N–H and O–H groups in total. The average Bonchev–Trinajstić information content (AvgIpc) is 2.54. The second kappa shape index (κ2) is 7.00. The molecule has 1 fully saturated rings. The number of hydrogen-bond acceptors (Lipinski definition) is 5. The van der Waals surface area contributed by atoms with Crippen molar-refractivity contribution in [2.24, 2.45) is 0 Å². The van der Waals surface area contributed by atoms with Crippen molar-refractivity contribution < 1.29 is 4.39 Å². The molecule has 2 aromatic rings. The van der Waals surface area contributed by atoms with E-state index >= 15 is 0 Å². The fourth-order valence-electron chi connectivity index (χ4n) is 3.06. The molecule has 1 aliphatic rings. The number of halogens is 1. The largest absolute Gasteiger partial charge is 0.340 e. The zero-order chi connectivity index (χ0) is 16.2. The molecule has 2 aromatic heterocycles. The summed E-state index contributed by atoms with van der Waals surface area (Å²) in [7, 11) is 2.05. The second-order valence-electron chi connectivity index (χ2n) is 6.15. The third kappa shape index (κ3) is 4.01. The van der Waals surface area contributed by atoms with Gasteiger partial charge in [-0.2, -0.15) is 0 Å². The van der Waals surface area contributed by atoms with E-state index in [9.17, 15) is 4.39 Å². The molecule has 0 bridgehead atoms. The van der Waals surface area contributed by atoms with Gasteiger partial charge in [0, 0.05) is 44.3 Å². The van der Waals surface area contributed by atoms with Gasteiger partial charge < -0.3 is 4.90 Å². The summed E-state index contributed by atoms with van der Waals surface area (Å²) in [6.07, 6.45) is 7.01. The summed E-state index contributed by atoms with van der Waals surface area (Å²) in [6, 6.07) is 3.83. The molecule has 0 spiro atoms. The minimum atomic E-state index is -0.277. The highest BCUT2D eigenvalue weighted by Crippen LogP contribution is 2.20. The molecule has 1 unspecified atom stereocenters. The minimum Gasteiger partial charge on any atom is -0.340 e. The number of hydrogen-bond donors (Lipinski definition) is 0. The molecule has 0 aromatic carbocycles. The van der Waals surface area contributed by atoms with Crippen LogP contribution in [0.25, 0.3) is 0 Å². The Kier molecular flexibility index (Phi) is 4.81. The van der Waals surface area contributed by atoms with E-state index in [2.05, 4.69) is 24.8 Å². The van der Waals surface area contributed by atoms with Crippen LogP contribution >= 0.6 is 0 Å². The number of piperidine rings is 1. The molecule has 6 heteroatoms. The lowest BCUT2D eigenvalue weighted by atomic mass is 10.0. The number of aryl methyl sites for hydroxylation is 1. The van der Waals surface area contributed by atoms with E-state index in [1.807, 2.05) is 20.0 Å². The number of likely N-dealkylation sites (N-methyl/N-ethyl adjacent to an activating group) is 1. The highest BCUT2D eigenvalue weighted by atomic mass is 19.1. The van der Waals surface area contributed by atoms with Crippen molar-refractivity contribution in [3.05, 3.63) is 47.8 Å². The Labute approximate surface area is 136 Å². The Morgan fingerprint density at radius 1 is 1.39 bits per heavy atom. The predicted octanol–water partition coefficient (Wildman–Crippen LogP) is 2.42. The van der Waals surface area contributed by atoms with Crippen molar-refractivity contribution in [3.8, 4) is 0 Å². The number of nitrogens with zero attached hydrogens (tertiary/aromatic N) is 5. The maximum atomic E-state index is 13.3. The number of pyridine rings is 1. The molecule has 122 valence electrons. The Hall–Kier alpha value is -2.08. The molecule has 5 nitrogen and oxygen atoms in total. The summed E-state index contributed by atoms with van der Waals surface area (Å²) in [5.41, 5.74) is 1.89. The molecule has 23 heavy (non-hydrogen) atoms. The van der Waals surface area contributed by atoms with Crippen LogP contribution in [-0.4, -0.2) is 46.0 Å². The van der Waals surface area contributed by atoms with Gasteiger partial charge in [-0.05, 0) is 44.0 Å². The van der Waals surface area contributed by atoms with Crippen molar-refractivity contribution in [1.82, 2.24) is 19.9 Å². The van der Waals surface area contributed by atoms with Gasteiger partial charge in [-0.25, -0.2) is 14.4 Å². The number of likely N-dealkylation sites (tertiary alicyclic amines) is 1. The van der Waals surface area contributed by atoms with E-state index in [1.54, 1.807) is 18.5 Å². The van der Waals surface area contributed by atoms with E-state index < -0.39 is 0 Å². The van der Waals surface area contributed by atoms with Gasteiger partial charge in [0.2, 0.25) is 5.95 Å². The van der Waals surface area contributed by atoms with Gasteiger partial charge in [-0.1, -0.05) is 0 Å². The van der Waals surface area contributed by atoms with Crippen LogP contribution in [0.4, 0.5) is 10.3 Å². The van der Waals surface area contributed by atoms with Crippen LogP contribution in [-0.2, 0) is 6.54 Å². The van der Waals surface area contributed by atoms with Crippen LogP contribution in [0.3, 0.4) is 0 Å². The van der Waals surface area contributed by atoms with Crippen LogP contribution in [0.2, 0.25) is 0 Å². The SMILES string of the molecule is Cc1ccnc(N(C)C2CCCN(Cc3cncc(F)c3)C2)n1. The van der Waals surface area contributed by atoms with Crippen LogP contribution < -0.4 is 4.90 Å². The first-order valence-corrected chi connectivity index (χ1v) is 7.96. The van der Waals surface area contributed by atoms with Crippen molar-refractivity contribution in [2.45, 2.75) is 32.4 Å². The molecule has 3 heterocycles. The van der Waals surface area contributed by atoms with E-state index in [4.69, 9.17) is 0 Å². The van der Waals surface area contributed by atoms with E-state index in [1.165, 1.54) is 6.20 Å². The second-order valence-corrected chi connectivity index (χ2v) is 6.15. The molecular weight excluding hydrogens is 293 g/mol. The molecule has 0 radical (unpaired) electrons. The minimum absolute atomic E-state index is 0.277. The highest BCUT2D eigenvalue weighted by Gasteiger charge is 2.24. The summed E-state index contributed by atoms with van der Waals surface area (Å²) < 4.78 is 13.3. The topological polar surface area (TPSA) is 45.2 Å². The zero-order valence-corrected chi connectivity index (χ0v) is 13.6. The molecule has 0 amide bonds. The fraction of sp³-hybridized carbons (Fsp3) is 0.471. The van der Waals surface area contributed by atoms with Crippen molar-refractivity contribution in [3.63, 3.8) is 0 Å². The molecule has 0 saturated carbocycles. The van der Waals surface area contributed by atoms with Crippen molar-refractivity contribution in [1.29, 1.82) is 0 Å².